The maximum absolute atomic E-state index is 11.9. The summed E-state index contributed by atoms with van der Waals surface area (Å²) >= 11 is 0. The molecule has 0 spiro atoms. The van der Waals surface area contributed by atoms with Crippen molar-refractivity contribution in [3.05, 3.63) is 58.1 Å². The zero-order valence-corrected chi connectivity index (χ0v) is 10.8. The Kier molecular flexibility index (Phi) is 3.06. The maximum atomic E-state index is 11.9. The van der Waals surface area contributed by atoms with Gasteiger partial charge < -0.3 is 15.3 Å². The van der Waals surface area contributed by atoms with Crippen LogP contribution >= 0.6 is 0 Å². The molecule has 2 aliphatic rings. The Hall–Kier alpha value is -2.15. The molecule has 2 heterocycles. The smallest absolute Gasteiger partial charge is 0.337 e. The molecule has 0 aromatic heterocycles. The van der Waals surface area contributed by atoms with Crippen LogP contribution in [0.15, 0.2) is 47.3 Å². The number of carbonyl (C=O) groups excluding carboxylic acids is 1. The van der Waals surface area contributed by atoms with Gasteiger partial charge in [0.05, 0.1) is 11.3 Å². The van der Waals surface area contributed by atoms with E-state index in [1.165, 1.54) is 6.07 Å². The van der Waals surface area contributed by atoms with Crippen LogP contribution in [0.2, 0.25) is 0 Å². The minimum atomic E-state index is -0.982. The molecule has 0 amide bonds. The Labute approximate surface area is 115 Å². The Morgan fingerprint density at radius 3 is 3.05 bits per heavy atom. The summed E-state index contributed by atoms with van der Waals surface area (Å²) in [6.07, 6.45) is 1.91. The van der Waals surface area contributed by atoms with Gasteiger partial charge in [-0.1, -0.05) is 18.2 Å². The average Bonchev–Trinajstić information content (AvgIpc) is 2.79. The van der Waals surface area contributed by atoms with Crippen LogP contribution in [0.25, 0.3) is 0 Å². The fourth-order valence-electron chi connectivity index (χ4n) is 2.58. The van der Waals surface area contributed by atoms with Crippen LogP contribution in [0, 0.1) is 5.21 Å². The quantitative estimate of drug-likeness (QED) is 0.540. The van der Waals surface area contributed by atoms with Gasteiger partial charge in [0.25, 0.3) is 0 Å². The molecular formula is C14H14N2O4. The van der Waals surface area contributed by atoms with E-state index in [2.05, 4.69) is 5.32 Å². The Morgan fingerprint density at radius 1 is 1.50 bits per heavy atom. The summed E-state index contributed by atoms with van der Waals surface area (Å²) in [4.78, 5) is 11.9. The van der Waals surface area contributed by atoms with Crippen LogP contribution in [0.1, 0.15) is 18.4 Å². The first kappa shape index (κ1) is 12.9. The number of quaternary nitrogens is 1. The third-order valence-electron chi connectivity index (χ3n) is 3.46. The van der Waals surface area contributed by atoms with Crippen LogP contribution in [0.3, 0.4) is 0 Å². The molecule has 6 nitrogen and oxygen atoms in total. The molecule has 20 heavy (non-hydrogen) atoms. The van der Waals surface area contributed by atoms with Crippen molar-refractivity contribution in [2.24, 2.45) is 0 Å². The zero-order chi connectivity index (χ0) is 14.3. The number of ether oxygens (including phenoxy) is 1. The van der Waals surface area contributed by atoms with Gasteiger partial charge in [-0.25, -0.2) is 10.0 Å². The number of rotatable bonds is 2. The second-order valence-corrected chi connectivity index (χ2v) is 4.85. The van der Waals surface area contributed by atoms with Crippen molar-refractivity contribution < 1.29 is 20.0 Å². The molecule has 104 valence electrons. The third kappa shape index (κ3) is 2.09. The molecule has 0 radical (unpaired) electrons. The predicted molar refractivity (Wildman–Crippen MR) is 69.8 cm³/mol. The number of benzene rings is 1. The van der Waals surface area contributed by atoms with Crippen molar-refractivity contribution in [1.29, 1.82) is 0 Å². The van der Waals surface area contributed by atoms with Gasteiger partial charge in [0.2, 0.25) is 0 Å². The Morgan fingerprint density at radius 2 is 2.30 bits per heavy atom. The van der Waals surface area contributed by atoms with E-state index in [1.807, 2.05) is 19.1 Å². The van der Waals surface area contributed by atoms with Crippen molar-refractivity contribution in [3.8, 4) is 0 Å². The Balaban J connectivity index is 2.05. The summed E-state index contributed by atoms with van der Waals surface area (Å²) in [5.74, 6) is -0.609. The second kappa shape index (κ2) is 4.75. The Bertz CT molecular complexity index is 634. The first-order chi connectivity index (χ1) is 9.56. The zero-order valence-electron chi connectivity index (χ0n) is 10.8. The lowest BCUT2D eigenvalue weighted by Gasteiger charge is -2.22. The van der Waals surface area contributed by atoms with E-state index in [4.69, 9.17) is 9.94 Å². The van der Waals surface area contributed by atoms with Crippen LogP contribution < -0.4 is 10.5 Å². The highest BCUT2D eigenvalue weighted by Crippen LogP contribution is 2.36. The normalized spacial score (nSPS) is 22.9. The highest BCUT2D eigenvalue weighted by Gasteiger charge is 2.34. The van der Waals surface area contributed by atoms with E-state index in [0.717, 1.165) is 17.0 Å². The minimum absolute atomic E-state index is 0.209. The lowest BCUT2D eigenvalue weighted by molar-refractivity contribution is -0.991. The summed E-state index contributed by atoms with van der Waals surface area (Å²) in [7, 11) is 0. The minimum Gasteiger partial charge on any atom is -0.595 e. The number of allylic oxidation sites excluding steroid dienone is 2. The second-order valence-electron chi connectivity index (χ2n) is 4.85. The van der Waals surface area contributed by atoms with Crippen LogP contribution in [0.5, 0.6) is 0 Å². The number of cyclic esters (lactones) is 1. The van der Waals surface area contributed by atoms with Crippen LogP contribution in [-0.4, -0.2) is 17.8 Å². The molecular weight excluding hydrogens is 260 g/mol. The van der Waals surface area contributed by atoms with Gasteiger partial charge in [-0.15, -0.1) is 0 Å². The number of dihydropyridines is 1. The van der Waals surface area contributed by atoms with E-state index in [1.54, 1.807) is 12.1 Å². The fraction of sp³-hybridized carbons (Fsp3) is 0.214. The topological polar surface area (TPSA) is 86.1 Å². The first-order valence-corrected chi connectivity index (χ1v) is 6.25. The van der Waals surface area contributed by atoms with Gasteiger partial charge in [-0.05, 0) is 12.5 Å². The summed E-state index contributed by atoms with van der Waals surface area (Å²) in [6, 6.07) is 6.64. The predicted octanol–water partition coefficient (Wildman–Crippen LogP) is 0.491. The highest BCUT2D eigenvalue weighted by molar-refractivity contribution is 5.94. The molecule has 0 saturated heterocycles. The van der Waals surface area contributed by atoms with Gasteiger partial charge in [0.1, 0.15) is 6.61 Å². The third-order valence-corrected chi connectivity index (χ3v) is 3.46. The maximum Gasteiger partial charge on any atom is 0.337 e. The van der Waals surface area contributed by atoms with Crippen molar-refractivity contribution in [3.63, 3.8) is 0 Å². The fourth-order valence-corrected chi connectivity index (χ4v) is 2.58. The van der Waals surface area contributed by atoms with Crippen molar-refractivity contribution >= 4 is 11.7 Å². The van der Waals surface area contributed by atoms with Gasteiger partial charge in [0, 0.05) is 23.7 Å². The summed E-state index contributed by atoms with van der Waals surface area (Å²) in [5.41, 5.74) is 3.24. The first-order valence-electron chi connectivity index (χ1n) is 6.25. The van der Waals surface area contributed by atoms with E-state index < -0.39 is 5.23 Å². The van der Waals surface area contributed by atoms with Crippen molar-refractivity contribution in [2.75, 3.05) is 6.61 Å². The van der Waals surface area contributed by atoms with E-state index in [9.17, 15) is 10.0 Å². The van der Waals surface area contributed by atoms with Gasteiger partial charge in [-0.3, -0.25) is 0 Å². The molecule has 0 fully saturated rings. The summed E-state index contributed by atoms with van der Waals surface area (Å²) < 4.78 is 5.05. The number of hydrogen-bond acceptors (Lipinski definition) is 5. The molecule has 3 rings (SSSR count). The molecule has 0 bridgehead atoms. The number of carbonyl (C=O) groups is 1. The SMILES string of the molecule is CC1=C[C@H](c2cccc([NH+]([O-])O)c2)C2=C(COC2=O)N1. The molecule has 2 aliphatic heterocycles. The highest BCUT2D eigenvalue weighted by atomic mass is 16.8. The summed E-state index contributed by atoms with van der Waals surface area (Å²) in [5, 5.41) is 22.3. The van der Waals surface area contributed by atoms with Gasteiger partial charge in [0.15, 0.2) is 5.69 Å². The monoisotopic (exact) mass is 274 g/mol. The van der Waals surface area contributed by atoms with Crippen LogP contribution in [-0.2, 0) is 9.53 Å². The molecule has 2 atom stereocenters. The standard InChI is InChI=1S/C14H14N2O4/c1-8-5-11(13-12(15-8)7-20-14(13)17)9-3-2-4-10(6-9)16(18)19/h2-6,11,15-16,18H,7H2,1H3/t11-/m1/s1. The van der Waals surface area contributed by atoms with Crippen molar-refractivity contribution in [1.82, 2.24) is 5.32 Å². The summed E-state index contributed by atoms with van der Waals surface area (Å²) in [6.45, 7) is 2.15. The molecule has 1 aromatic carbocycles. The molecule has 3 N–H and O–H groups in total. The van der Waals surface area contributed by atoms with Gasteiger partial charge in [-0.2, -0.15) is 5.23 Å². The average molecular weight is 274 g/mol. The van der Waals surface area contributed by atoms with Crippen molar-refractivity contribution in [2.45, 2.75) is 12.8 Å². The van der Waals surface area contributed by atoms with E-state index in [0.29, 0.717) is 5.57 Å². The lowest BCUT2D eigenvalue weighted by atomic mass is 9.87. The largest absolute Gasteiger partial charge is 0.595 e. The molecule has 0 aliphatic carbocycles. The molecule has 1 aromatic rings. The number of esters is 1. The number of nitrogens with one attached hydrogen (secondary N) is 2. The van der Waals surface area contributed by atoms with E-state index >= 15 is 0 Å². The molecule has 1 unspecified atom stereocenters. The van der Waals surface area contributed by atoms with Crippen LogP contribution in [0.4, 0.5) is 5.69 Å². The molecule has 6 heteroatoms. The van der Waals surface area contributed by atoms with E-state index in [-0.39, 0.29) is 24.2 Å². The lowest BCUT2D eigenvalue weighted by Crippen LogP contribution is -2.99. The molecule has 0 saturated carbocycles. The van der Waals surface area contributed by atoms with Gasteiger partial charge >= 0.3 is 5.97 Å². The number of hydrogen-bond donors (Lipinski definition) is 3.